The molecule has 3 rings (SSSR count). The van der Waals surface area contributed by atoms with Gasteiger partial charge in [0.05, 0.1) is 12.2 Å². The zero-order valence-corrected chi connectivity index (χ0v) is 10.1. The summed E-state index contributed by atoms with van der Waals surface area (Å²) in [7, 11) is 0. The maximum atomic E-state index is 9.42. The lowest BCUT2D eigenvalue weighted by Gasteiger charge is -2.03. The maximum Gasteiger partial charge on any atom is 0.119 e. The van der Waals surface area contributed by atoms with Crippen molar-refractivity contribution >= 4 is 0 Å². The van der Waals surface area contributed by atoms with Gasteiger partial charge >= 0.3 is 0 Å². The largest absolute Gasteiger partial charge is 0.508 e. The van der Waals surface area contributed by atoms with Crippen LogP contribution in [0.1, 0.15) is 11.3 Å². The molecule has 1 aliphatic carbocycles. The van der Waals surface area contributed by atoms with E-state index in [-0.39, 0.29) is 11.5 Å². The Hall–Kier alpha value is -2.04. The van der Waals surface area contributed by atoms with Crippen LogP contribution in [0.2, 0.25) is 0 Å². The second-order valence-corrected chi connectivity index (χ2v) is 4.33. The van der Waals surface area contributed by atoms with Gasteiger partial charge in [-0.25, -0.2) is 4.68 Å². The van der Waals surface area contributed by atoms with Crippen molar-refractivity contribution in [3.63, 3.8) is 0 Å². The number of phenolic OH excluding ortho intramolecular Hbond substituents is 2. The molecule has 0 saturated heterocycles. The zero-order chi connectivity index (χ0) is 13.2. The summed E-state index contributed by atoms with van der Waals surface area (Å²) in [5.74, 6) is 1.09. The van der Waals surface area contributed by atoms with Gasteiger partial charge < -0.3 is 10.2 Å². The van der Waals surface area contributed by atoms with E-state index >= 15 is 0 Å². The van der Waals surface area contributed by atoms with E-state index in [1.54, 1.807) is 16.8 Å². The molecule has 1 heterocycles. The van der Waals surface area contributed by atoms with Crippen molar-refractivity contribution in [3.8, 4) is 11.5 Å². The topological polar surface area (TPSA) is 71.2 Å². The SMILES string of the molecule is Oc1cc(O)cc(Cn2cc([C]3[CH][CH][CH][CH]3)nn2)c1. The minimum Gasteiger partial charge on any atom is -0.508 e. The van der Waals surface area contributed by atoms with Crippen LogP contribution in [0, 0.1) is 31.6 Å². The van der Waals surface area contributed by atoms with E-state index in [1.807, 2.05) is 31.9 Å². The summed E-state index contributed by atoms with van der Waals surface area (Å²) in [5.41, 5.74) is 1.56. The number of hydrogen-bond donors (Lipinski definition) is 2. The fraction of sp³-hybridized carbons (Fsp3) is 0.0714. The molecule has 2 N–H and O–H groups in total. The highest BCUT2D eigenvalue weighted by atomic mass is 16.3. The van der Waals surface area contributed by atoms with E-state index < -0.39 is 0 Å². The lowest BCUT2D eigenvalue weighted by Crippen LogP contribution is -2.00. The molecule has 5 nitrogen and oxygen atoms in total. The minimum atomic E-state index is 0.0337. The highest BCUT2D eigenvalue weighted by Gasteiger charge is 2.21. The third kappa shape index (κ3) is 2.70. The Morgan fingerprint density at radius 3 is 2.37 bits per heavy atom. The summed E-state index contributed by atoms with van der Waals surface area (Å²) < 4.78 is 1.66. The van der Waals surface area contributed by atoms with Crippen LogP contribution in [0.25, 0.3) is 0 Å². The third-order valence-corrected chi connectivity index (χ3v) is 2.80. The van der Waals surface area contributed by atoms with Crippen LogP contribution in [0.4, 0.5) is 0 Å². The van der Waals surface area contributed by atoms with Gasteiger partial charge in [0.2, 0.25) is 0 Å². The number of phenols is 2. The molecule has 5 heteroatoms. The highest BCUT2D eigenvalue weighted by molar-refractivity contribution is 5.45. The average molecular weight is 254 g/mol. The Bertz CT molecular complexity index is 554. The van der Waals surface area contributed by atoms with E-state index in [1.165, 1.54) is 6.07 Å². The first kappa shape index (κ1) is 12.0. The molecule has 0 atom stereocenters. The van der Waals surface area contributed by atoms with Crippen LogP contribution in [-0.2, 0) is 6.54 Å². The monoisotopic (exact) mass is 254 g/mol. The first-order valence-electron chi connectivity index (χ1n) is 5.85. The normalized spacial score (nSPS) is 16.0. The summed E-state index contributed by atoms with van der Waals surface area (Å²) in [6.45, 7) is 0.440. The van der Waals surface area contributed by atoms with Crippen molar-refractivity contribution in [1.82, 2.24) is 15.0 Å². The highest BCUT2D eigenvalue weighted by Crippen LogP contribution is 2.28. The van der Waals surface area contributed by atoms with Crippen LogP contribution in [0.3, 0.4) is 0 Å². The van der Waals surface area contributed by atoms with Gasteiger partial charge in [-0.2, -0.15) is 0 Å². The molecule has 2 aromatic rings. The van der Waals surface area contributed by atoms with Crippen molar-refractivity contribution in [2.45, 2.75) is 6.54 Å². The summed E-state index contributed by atoms with van der Waals surface area (Å²) >= 11 is 0. The third-order valence-electron chi connectivity index (χ3n) is 2.80. The number of aromatic nitrogens is 3. The molecular formula is C14H12N3O2. The van der Waals surface area contributed by atoms with Gasteiger partial charge in [-0.15, -0.1) is 5.10 Å². The van der Waals surface area contributed by atoms with E-state index in [0.717, 1.165) is 17.2 Å². The fourth-order valence-corrected chi connectivity index (χ4v) is 1.99. The minimum absolute atomic E-state index is 0.0337. The molecule has 1 aliphatic rings. The van der Waals surface area contributed by atoms with Crippen LogP contribution < -0.4 is 0 Å². The van der Waals surface area contributed by atoms with Crippen molar-refractivity contribution in [2.75, 3.05) is 0 Å². The lowest BCUT2D eigenvalue weighted by molar-refractivity contribution is 0.448. The second kappa shape index (κ2) is 4.91. The van der Waals surface area contributed by atoms with E-state index in [9.17, 15) is 10.2 Å². The quantitative estimate of drug-likeness (QED) is 0.870. The van der Waals surface area contributed by atoms with Crippen LogP contribution in [0.5, 0.6) is 11.5 Å². The summed E-state index contributed by atoms with van der Waals surface area (Å²) in [6.07, 6.45) is 9.66. The van der Waals surface area contributed by atoms with E-state index in [2.05, 4.69) is 10.3 Å². The van der Waals surface area contributed by atoms with Gasteiger partial charge in [-0.1, -0.05) is 5.21 Å². The first-order chi connectivity index (χ1) is 9.20. The smallest absolute Gasteiger partial charge is 0.119 e. The average Bonchev–Trinajstić information content (AvgIpc) is 2.96. The van der Waals surface area contributed by atoms with Crippen LogP contribution in [-0.4, -0.2) is 25.2 Å². The molecule has 0 spiro atoms. The maximum absolute atomic E-state index is 9.42. The summed E-state index contributed by atoms with van der Waals surface area (Å²) in [6, 6.07) is 4.47. The fourth-order valence-electron chi connectivity index (χ4n) is 1.99. The Morgan fingerprint density at radius 2 is 1.68 bits per heavy atom. The molecule has 1 saturated carbocycles. The van der Waals surface area contributed by atoms with E-state index in [0.29, 0.717) is 6.54 Å². The Labute approximate surface area is 111 Å². The summed E-state index contributed by atoms with van der Waals surface area (Å²) in [4.78, 5) is 0. The number of hydrogen-bond acceptors (Lipinski definition) is 4. The van der Waals surface area contributed by atoms with Crippen molar-refractivity contribution in [2.24, 2.45) is 0 Å². The predicted molar refractivity (Wildman–Crippen MR) is 68.4 cm³/mol. The number of rotatable bonds is 3. The molecule has 1 fully saturated rings. The molecule has 1 aromatic carbocycles. The molecule has 19 heavy (non-hydrogen) atoms. The predicted octanol–water partition coefficient (Wildman–Crippen LogP) is 1.49. The molecule has 0 amide bonds. The van der Waals surface area contributed by atoms with Gasteiger partial charge in [0.25, 0.3) is 0 Å². The first-order valence-corrected chi connectivity index (χ1v) is 5.85. The Morgan fingerprint density at radius 1 is 1.00 bits per heavy atom. The number of nitrogens with zero attached hydrogens (tertiary/aromatic N) is 3. The van der Waals surface area contributed by atoms with Crippen LogP contribution >= 0.6 is 0 Å². The second-order valence-electron chi connectivity index (χ2n) is 4.33. The van der Waals surface area contributed by atoms with Gasteiger partial charge in [0, 0.05) is 18.2 Å². The van der Waals surface area contributed by atoms with Gasteiger partial charge in [-0.05, 0) is 43.4 Å². The van der Waals surface area contributed by atoms with E-state index in [4.69, 9.17) is 0 Å². The molecule has 5 radical (unpaired) electrons. The van der Waals surface area contributed by atoms with Gasteiger partial charge in [0.1, 0.15) is 11.5 Å². The molecule has 0 bridgehead atoms. The summed E-state index contributed by atoms with van der Waals surface area (Å²) in [5, 5.41) is 27.0. The molecule has 1 aromatic heterocycles. The zero-order valence-electron chi connectivity index (χ0n) is 10.1. The standard InChI is InChI=1S/C14H12N3O2/c18-12-5-10(6-13(19)7-12)8-17-9-14(15-16-17)11-3-1-2-4-11/h1-7,9,18-19H,8H2. The Kier molecular flexibility index (Phi) is 3.11. The number of aromatic hydroxyl groups is 2. The van der Waals surface area contributed by atoms with Gasteiger partial charge in [-0.3, -0.25) is 0 Å². The van der Waals surface area contributed by atoms with Crippen LogP contribution in [0.15, 0.2) is 24.4 Å². The lowest BCUT2D eigenvalue weighted by atomic mass is 10.1. The number of benzene rings is 1. The van der Waals surface area contributed by atoms with Crippen molar-refractivity contribution < 1.29 is 10.2 Å². The Balaban J connectivity index is 1.76. The van der Waals surface area contributed by atoms with Gasteiger partial charge in [0.15, 0.2) is 0 Å². The molecule has 0 unspecified atom stereocenters. The van der Waals surface area contributed by atoms with Crippen molar-refractivity contribution in [1.29, 1.82) is 0 Å². The molecule has 0 aliphatic heterocycles. The molecule has 95 valence electrons. The molecular weight excluding hydrogens is 242 g/mol. The van der Waals surface area contributed by atoms with Crippen molar-refractivity contribution in [3.05, 3.63) is 67.3 Å².